The maximum absolute atomic E-state index is 12.3. The average Bonchev–Trinajstić information content (AvgIpc) is 2.78. The van der Waals surface area contributed by atoms with Crippen molar-refractivity contribution in [1.29, 1.82) is 0 Å². The molecule has 1 atom stereocenters. The number of rotatable bonds is 5. The smallest absolute Gasteiger partial charge is 0.328 e. The van der Waals surface area contributed by atoms with Crippen LogP contribution in [-0.2, 0) is 20.9 Å². The molecule has 1 unspecified atom stereocenters. The second kappa shape index (κ2) is 6.73. The predicted octanol–water partition coefficient (Wildman–Crippen LogP) is 0.110. The van der Waals surface area contributed by atoms with Crippen LogP contribution in [0.3, 0.4) is 0 Å². The first-order chi connectivity index (χ1) is 10.8. The van der Waals surface area contributed by atoms with E-state index in [2.05, 4.69) is 5.10 Å². The zero-order chi connectivity index (χ0) is 17.1. The number of aromatic nitrogens is 2. The molecular weight excluding hydrogens is 308 g/mol. The Bertz CT molecular complexity index is 641. The van der Waals surface area contributed by atoms with Crippen molar-refractivity contribution in [2.75, 3.05) is 19.8 Å². The van der Waals surface area contributed by atoms with Gasteiger partial charge in [-0.15, -0.1) is 0 Å². The first-order valence-electron chi connectivity index (χ1n) is 7.11. The minimum absolute atomic E-state index is 0.0168. The Labute approximate surface area is 131 Å². The molecule has 1 amide bonds. The molecule has 0 saturated carbocycles. The number of morpholine rings is 1. The van der Waals surface area contributed by atoms with Crippen molar-refractivity contribution in [3.8, 4) is 0 Å². The van der Waals surface area contributed by atoms with E-state index in [4.69, 9.17) is 9.84 Å². The molecule has 0 aromatic carbocycles. The molecule has 10 heteroatoms. The molecule has 0 spiro atoms. The zero-order valence-electron chi connectivity index (χ0n) is 12.9. The van der Waals surface area contributed by atoms with E-state index in [0.29, 0.717) is 12.3 Å². The van der Waals surface area contributed by atoms with Crippen LogP contribution < -0.4 is 0 Å². The van der Waals surface area contributed by atoms with E-state index in [1.54, 1.807) is 6.92 Å². The molecule has 1 aliphatic heterocycles. The van der Waals surface area contributed by atoms with Gasteiger partial charge in [0.1, 0.15) is 11.4 Å². The number of carboxylic acids is 1. The van der Waals surface area contributed by atoms with Gasteiger partial charge < -0.3 is 14.7 Å². The van der Waals surface area contributed by atoms with Gasteiger partial charge in [-0.3, -0.25) is 19.6 Å². The van der Waals surface area contributed by atoms with Crippen LogP contribution in [0.4, 0.5) is 5.69 Å². The number of carboxylic acid groups (broad SMARTS) is 1. The molecular formula is C13H18N4O6. The summed E-state index contributed by atoms with van der Waals surface area (Å²) in [5.41, 5.74) is 0.596. The van der Waals surface area contributed by atoms with Gasteiger partial charge in [-0.25, -0.2) is 4.79 Å². The number of amides is 1. The molecule has 10 nitrogen and oxygen atoms in total. The fourth-order valence-corrected chi connectivity index (χ4v) is 2.62. The third kappa shape index (κ3) is 3.47. The zero-order valence-corrected chi connectivity index (χ0v) is 12.9. The lowest BCUT2D eigenvalue weighted by atomic mass is 10.2. The van der Waals surface area contributed by atoms with Crippen molar-refractivity contribution in [3.05, 3.63) is 21.5 Å². The number of hydrogen-bond donors (Lipinski definition) is 1. The van der Waals surface area contributed by atoms with Crippen LogP contribution in [0.5, 0.6) is 0 Å². The van der Waals surface area contributed by atoms with Gasteiger partial charge in [0.25, 0.3) is 0 Å². The van der Waals surface area contributed by atoms with Crippen LogP contribution in [0, 0.1) is 24.0 Å². The Morgan fingerprint density at radius 1 is 1.48 bits per heavy atom. The standard InChI is InChI=1S/C13H18N4O6/c1-8-12(17(21)22)9(2)16(14-8)4-3-11(18)15-5-6-23-7-10(15)13(19)20/h10H,3-7H2,1-2H3,(H,19,20). The number of nitro groups is 1. The van der Waals surface area contributed by atoms with E-state index in [0.717, 1.165) is 0 Å². The number of carbonyl (C=O) groups excluding carboxylic acids is 1. The lowest BCUT2D eigenvalue weighted by Crippen LogP contribution is -2.52. The van der Waals surface area contributed by atoms with Gasteiger partial charge in [-0.05, 0) is 13.8 Å². The van der Waals surface area contributed by atoms with E-state index in [-0.39, 0.29) is 43.4 Å². The van der Waals surface area contributed by atoms with Gasteiger partial charge in [0.05, 0.1) is 24.7 Å². The molecule has 1 N–H and O–H groups in total. The van der Waals surface area contributed by atoms with Gasteiger partial charge in [-0.1, -0.05) is 0 Å². The van der Waals surface area contributed by atoms with Crippen molar-refractivity contribution < 1.29 is 24.4 Å². The van der Waals surface area contributed by atoms with E-state index in [1.165, 1.54) is 16.5 Å². The minimum atomic E-state index is -1.11. The largest absolute Gasteiger partial charge is 0.480 e. The van der Waals surface area contributed by atoms with E-state index < -0.39 is 16.9 Å². The molecule has 2 heterocycles. The van der Waals surface area contributed by atoms with Crippen LogP contribution in [0.15, 0.2) is 0 Å². The van der Waals surface area contributed by atoms with Gasteiger partial charge in [0.15, 0.2) is 6.04 Å². The van der Waals surface area contributed by atoms with Gasteiger partial charge in [0.2, 0.25) is 5.91 Å². The number of carbonyl (C=O) groups is 2. The molecule has 126 valence electrons. The normalized spacial score (nSPS) is 18.0. The summed E-state index contributed by atoms with van der Waals surface area (Å²) >= 11 is 0. The number of aryl methyl sites for hydroxylation is 2. The van der Waals surface area contributed by atoms with Gasteiger partial charge in [0, 0.05) is 13.0 Å². The summed E-state index contributed by atoms with van der Waals surface area (Å²) in [5, 5.41) is 24.1. The minimum Gasteiger partial charge on any atom is -0.480 e. The predicted molar refractivity (Wildman–Crippen MR) is 76.9 cm³/mol. The fraction of sp³-hybridized carbons (Fsp3) is 0.615. The van der Waals surface area contributed by atoms with Gasteiger partial charge >= 0.3 is 11.7 Å². The Kier molecular flexibility index (Phi) is 4.94. The molecule has 0 aliphatic carbocycles. The topological polar surface area (TPSA) is 128 Å². The number of ether oxygens (including phenoxy) is 1. The highest BCUT2D eigenvalue weighted by Crippen LogP contribution is 2.22. The highest BCUT2D eigenvalue weighted by molar-refractivity contribution is 5.84. The summed E-state index contributed by atoms with van der Waals surface area (Å²) in [6.07, 6.45) is 0.0168. The van der Waals surface area contributed by atoms with Crippen molar-refractivity contribution in [1.82, 2.24) is 14.7 Å². The first-order valence-corrected chi connectivity index (χ1v) is 7.11. The van der Waals surface area contributed by atoms with Crippen LogP contribution in [-0.4, -0.2) is 62.4 Å². The fourth-order valence-electron chi connectivity index (χ4n) is 2.62. The van der Waals surface area contributed by atoms with E-state index in [9.17, 15) is 19.7 Å². The van der Waals surface area contributed by atoms with Gasteiger partial charge in [-0.2, -0.15) is 5.10 Å². The second-order valence-electron chi connectivity index (χ2n) is 5.27. The average molecular weight is 326 g/mol. The summed E-state index contributed by atoms with van der Waals surface area (Å²) in [6.45, 7) is 3.73. The van der Waals surface area contributed by atoms with Crippen molar-refractivity contribution in [3.63, 3.8) is 0 Å². The molecule has 0 bridgehead atoms. The van der Waals surface area contributed by atoms with Crippen LogP contribution >= 0.6 is 0 Å². The lowest BCUT2D eigenvalue weighted by molar-refractivity contribution is -0.386. The summed E-state index contributed by atoms with van der Waals surface area (Å²) in [4.78, 5) is 35.1. The third-order valence-corrected chi connectivity index (χ3v) is 3.80. The number of aliphatic carboxylic acids is 1. The number of nitrogens with zero attached hydrogens (tertiary/aromatic N) is 4. The van der Waals surface area contributed by atoms with Crippen LogP contribution in [0.2, 0.25) is 0 Å². The molecule has 0 radical (unpaired) electrons. The SMILES string of the molecule is Cc1nn(CCC(=O)N2CCOCC2C(=O)O)c(C)c1[N+](=O)[O-]. The maximum Gasteiger partial charge on any atom is 0.328 e. The molecule has 2 rings (SSSR count). The van der Waals surface area contributed by atoms with E-state index in [1.807, 2.05) is 0 Å². The first kappa shape index (κ1) is 16.9. The Morgan fingerprint density at radius 3 is 2.74 bits per heavy atom. The van der Waals surface area contributed by atoms with E-state index >= 15 is 0 Å². The summed E-state index contributed by atoms with van der Waals surface area (Å²) < 4.78 is 6.49. The highest BCUT2D eigenvalue weighted by atomic mass is 16.6. The van der Waals surface area contributed by atoms with Crippen LogP contribution in [0.1, 0.15) is 17.8 Å². The Morgan fingerprint density at radius 2 is 2.17 bits per heavy atom. The lowest BCUT2D eigenvalue weighted by Gasteiger charge is -2.32. The molecule has 23 heavy (non-hydrogen) atoms. The van der Waals surface area contributed by atoms with Crippen LogP contribution in [0.25, 0.3) is 0 Å². The summed E-state index contributed by atoms with van der Waals surface area (Å²) in [6, 6.07) is -0.994. The van der Waals surface area contributed by atoms with Crippen molar-refractivity contribution in [2.24, 2.45) is 0 Å². The summed E-state index contributed by atoms with van der Waals surface area (Å²) in [7, 11) is 0. The summed E-state index contributed by atoms with van der Waals surface area (Å²) in [5.74, 6) is -1.45. The molecule has 1 fully saturated rings. The van der Waals surface area contributed by atoms with Crippen molar-refractivity contribution in [2.45, 2.75) is 32.9 Å². The Hall–Kier alpha value is -2.49. The highest BCUT2D eigenvalue weighted by Gasteiger charge is 2.32. The number of hydrogen-bond acceptors (Lipinski definition) is 6. The molecule has 1 saturated heterocycles. The monoisotopic (exact) mass is 326 g/mol. The molecule has 1 aliphatic rings. The second-order valence-corrected chi connectivity index (χ2v) is 5.27. The van der Waals surface area contributed by atoms with Crippen molar-refractivity contribution >= 4 is 17.6 Å². The maximum atomic E-state index is 12.3. The third-order valence-electron chi connectivity index (χ3n) is 3.80. The quantitative estimate of drug-likeness (QED) is 0.600. The molecule has 1 aromatic heterocycles. The Balaban J connectivity index is 2.05. The molecule has 1 aromatic rings.